The van der Waals surface area contributed by atoms with Gasteiger partial charge in [-0.25, -0.2) is 9.97 Å². The zero-order valence-corrected chi connectivity index (χ0v) is 13.7. The predicted molar refractivity (Wildman–Crippen MR) is 96.1 cm³/mol. The molecule has 4 N–H and O–H groups in total. The van der Waals surface area contributed by atoms with Crippen molar-refractivity contribution in [2.75, 3.05) is 11.9 Å². The molecule has 1 atom stereocenters. The number of hydrogen-bond donors (Lipinski definition) is 4. The second kappa shape index (κ2) is 8.04. The SMILES string of the molecule is O=C(NCC(O)c1cccc(=O)[nH]1)c1cnc(Nc2ccccc2)nc1. The van der Waals surface area contributed by atoms with Gasteiger partial charge in [0, 0.05) is 36.4 Å². The second-order valence-electron chi connectivity index (χ2n) is 5.48. The average Bonchev–Trinajstić information content (AvgIpc) is 2.67. The Morgan fingerprint density at radius 1 is 1.08 bits per heavy atom. The number of nitrogens with one attached hydrogen (secondary N) is 3. The minimum atomic E-state index is -1.02. The van der Waals surface area contributed by atoms with Crippen molar-refractivity contribution in [2.24, 2.45) is 0 Å². The molecule has 8 heteroatoms. The van der Waals surface area contributed by atoms with E-state index >= 15 is 0 Å². The summed E-state index contributed by atoms with van der Waals surface area (Å²) in [4.78, 5) is 34.1. The van der Waals surface area contributed by atoms with Crippen molar-refractivity contribution in [3.05, 3.63) is 82.5 Å². The first-order valence-electron chi connectivity index (χ1n) is 7.91. The summed E-state index contributed by atoms with van der Waals surface area (Å²) in [5, 5.41) is 15.6. The van der Waals surface area contributed by atoms with Gasteiger partial charge in [0.15, 0.2) is 0 Å². The average molecular weight is 351 g/mol. The van der Waals surface area contributed by atoms with E-state index in [1.165, 1.54) is 24.5 Å². The van der Waals surface area contributed by atoms with Crippen LogP contribution in [0.5, 0.6) is 0 Å². The molecule has 3 aromatic rings. The highest BCUT2D eigenvalue weighted by Crippen LogP contribution is 2.11. The van der Waals surface area contributed by atoms with E-state index < -0.39 is 12.0 Å². The third-order valence-electron chi connectivity index (χ3n) is 3.55. The van der Waals surface area contributed by atoms with Gasteiger partial charge in [0.2, 0.25) is 11.5 Å². The summed E-state index contributed by atoms with van der Waals surface area (Å²) in [5.41, 5.74) is 1.11. The molecule has 1 aromatic carbocycles. The molecule has 8 nitrogen and oxygen atoms in total. The number of para-hydroxylation sites is 1. The number of nitrogens with zero attached hydrogens (tertiary/aromatic N) is 2. The molecule has 0 radical (unpaired) electrons. The van der Waals surface area contributed by atoms with Crippen molar-refractivity contribution in [3.8, 4) is 0 Å². The molecule has 0 spiro atoms. The molecule has 3 rings (SSSR count). The summed E-state index contributed by atoms with van der Waals surface area (Å²) >= 11 is 0. The molecule has 2 aromatic heterocycles. The molecule has 0 fully saturated rings. The molecule has 0 saturated heterocycles. The summed E-state index contributed by atoms with van der Waals surface area (Å²) in [6.07, 6.45) is 1.77. The third-order valence-corrected chi connectivity index (χ3v) is 3.55. The topological polar surface area (TPSA) is 120 Å². The zero-order valence-electron chi connectivity index (χ0n) is 13.7. The smallest absolute Gasteiger partial charge is 0.254 e. The first-order valence-corrected chi connectivity index (χ1v) is 7.91. The maximum absolute atomic E-state index is 12.1. The van der Waals surface area contributed by atoms with Crippen LogP contribution in [0.25, 0.3) is 0 Å². The monoisotopic (exact) mass is 351 g/mol. The number of aromatic amines is 1. The van der Waals surface area contributed by atoms with Gasteiger partial charge in [-0.1, -0.05) is 24.3 Å². The summed E-state index contributed by atoms with van der Waals surface area (Å²) in [5.74, 6) is -0.0526. The van der Waals surface area contributed by atoms with Crippen molar-refractivity contribution in [3.63, 3.8) is 0 Å². The number of amides is 1. The number of benzene rings is 1. The van der Waals surface area contributed by atoms with Crippen LogP contribution < -0.4 is 16.2 Å². The number of aliphatic hydroxyl groups is 1. The second-order valence-corrected chi connectivity index (χ2v) is 5.48. The molecule has 0 aliphatic carbocycles. The zero-order chi connectivity index (χ0) is 18.4. The third kappa shape index (κ3) is 4.52. The van der Waals surface area contributed by atoms with Crippen LogP contribution in [0, 0.1) is 0 Å². The minimum Gasteiger partial charge on any atom is -0.385 e. The number of rotatable bonds is 6. The Kier molecular flexibility index (Phi) is 5.35. The van der Waals surface area contributed by atoms with E-state index in [0.29, 0.717) is 11.6 Å². The van der Waals surface area contributed by atoms with Gasteiger partial charge in [-0.3, -0.25) is 9.59 Å². The van der Waals surface area contributed by atoms with Crippen molar-refractivity contribution in [2.45, 2.75) is 6.10 Å². The van der Waals surface area contributed by atoms with E-state index in [9.17, 15) is 14.7 Å². The normalized spacial score (nSPS) is 11.6. The van der Waals surface area contributed by atoms with Gasteiger partial charge in [-0.05, 0) is 18.2 Å². The minimum absolute atomic E-state index is 0.0528. The van der Waals surface area contributed by atoms with Crippen LogP contribution in [0.1, 0.15) is 22.2 Å². The summed E-state index contributed by atoms with van der Waals surface area (Å²) in [6.45, 7) is -0.0528. The predicted octanol–water partition coefficient (Wildman–Crippen LogP) is 1.37. The Labute approximate surface area is 149 Å². The van der Waals surface area contributed by atoms with E-state index in [4.69, 9.17) is 0 Å². The van der Waals surface area contributed by atoms with Gasteiger partial charge < -0.3 is 20.7 Å². The Morgan fingerprint density at radius 3 is 2.50 bits per heavy atom. The van der Waals surface area contributed by atoms with Gasteiger partial charge in [0.05, 0.1) is 5.56 Å². The van der Waals surface area contributed by atoms with E-state index in [1.807, 2.05) is 30.3 Å². The molecule has 0 saturated carbocycles. The lowest BCUT2D eigenvalue weighted by atomic mass is 10.2. The summed E-state index contributed by atoms with van der Waals surface area (Å²) in [7, 11) is 0. The van der Waals surface area contributed by atoms with Crippen LogP contribution in [-0.2, 0) is 0 Å². The fourth-order valence-electron chi connectivity index (χ4n) is 2.22. The molecule has 2 heterocycles. The lowest BCUT2D eigenvalue weighted by Gasteiger charge is -2.12. The molecular formula is C18H17N5O3. The number of carbonyl (C=O) groups excluding carboxylic acids is 1. The number of aliphatic hydroxyl groups excluding tert-OH is 1. The molecule has 0 aliphatic heterocycles. The summed E-state index contributed by atoms with van der Waals surface area (Å²) < 4.78 is 0. The van der Waals surface area contributed by atoms with Crippen molar-refractivity contribution in [1.82, 2.24) is 20.3 Å². The van der Waals surface area contributed by atoms with Crippen molar-refractivity contribution >= 4 is 17.5 Å². The van der Waals surface area contributed by atoms with Crippen LogP contribution in [0.2, 0.25) is 0 Å². The highest BCUT2D eigenvalue weighted by atomic mass is 16.3. The molecule has 0 bridgehead atoms. The maximum atomic E-state index is 12.1. The van der Waals surface area contributed by atoms with Crippen LogP contribution in [-0.4, -0.2) is 32.5 Å². The van der Waals surface area contributed by atoms with E-state index in [-0.39, 0.29) is 17.7 Å². The molecule has 1 unspecified atom stereocenters. The van der Waals surface area contributed by atoms with Crippen molar-refractivity contribution in [1.29, 1.82) is 0 Å². The number of anilines is 2. The Bertz CT molecular complexity index is 925. The molecule has 132 valence electrons. The largest absolute Gasteiger partial charge is 0.385 e. The van der Waals surface area contributed by atoms with Crippen LogP contribution in [0.15, 0.2) is 65.7 Å². The van der Waals surface area contributed by atoms with Crippen LogP contribution in [0.3, 0.4) is 0 Å². The summed E-state index contributed by atoms with van der Waals surface area (Å²) in [6, 6.07) is 13.9. The number of pyridine rings is 1. The number of H-pyrrole nitrogens is 1. The lowest BCUT2D eigenvalue weighted by molar-refractivity contribution is 0.0913. The first kappa shape index (κ1) is 17.3. The highest BCUT2D eigenvalue weighted by molar-refractivity contribution is 5.93. The number of hydrogen-bond acceptors (Lipinski definition) is 6. The van der Waals surface area contributed by atoms with Gasteiger partial charge in [0.1, 0.15) is 6.10 Å². The van der Waals surface area contributed by atoms with Crippen LogP contribution in [0.4, 0.5) is 11.6 Å². The quantitative estimate of drug-likeness (QED) is 0.532. The van der Waals surface area contributed by atoms with Crippen LogP contribution >= 0.6 is 0 Å². The number of aromatic nitrogens is 3. The molecule has 1 amide bonds. The molecular weight excluding hydrogens is 334 g/mol. The van der Waals surface area contributed by atoms with Gasteiger partial charge in [-0.15, -0.1) is 0 Å². The fourth-order valence-corrected chi connectivity index (χ4v) is 2.22. The first-order chi connectivity index (χ1) is 12.6. The van der Waals surface area contributed by atoms with E-state index in [2.05, 4.69) is 25.6 Å². The van der Waals surface area contributed by atoms with Gasteiger partial charge in [-0.2, -0.15) is 0 Å². The highest BCUT2D eigenvalue weighted by Gasteiger charge is 2.12. The van der Waals surface area contributed by atoms with E-state index in [0.717, 1.165) is 5.69 Å². The lowest BCUT2D eigenvalue weighted by Crippen LogP contribution is -2.29. The Hall–Kier alpha value is -3.52. The molecule has 0 aliphatic rings. The van der Waals surface area contributed by atoms with E-state index in [1.54, 1.807) is 6.07 Å². The Balaban J connectivity index is 1.57. The van der Waals surface area contributed by atoms with Gasteiger partial charge >= 0.3 is 0 Å². The maximum Gasteiger partial charge on any atom is 0.254 e. The molecule has 26 heavy (non-hydrogen) atoms. The van der Waals surface area contributed by atoms with Gasteiger partial charge in [0.25, 0.3) is 5.91 Å². The standard InChI is InChI=1S/C18H17N5O3/c24-15(14-7-4-8-16(25)23-14)11-19-17(26)12-9-20-18(21-10-12)22-13-5-2-1-3-6-13/h1-10,15,24H,11H2,(H,19,26)(H,23,25)(H,20,21,22). The van der Waals surface area contributed by atoms with Crippen molar-refractivity contribution < 1.29 is 9.90 Å². The fraction of sp³-hybridized carbons (Fsp3) is 0.111. The Morgan fingerprint density at radius 2 is 1.81 bits per heavy atom. The number of carbonyl (C=O) groups is 1.